The first-order valence-corrected chi connectivity index (χ1v) is 11.2. The Hall–Kier alpha value is -3.13. The Labute approximate surface area is 189 Å². The third-order valence-corrected chi connectivity index (χ3v) is 5.76. The molecule has 8 nitrogen and oxygen atoms in total. The number of hydrogen-bond donors (Lipinski definition) is 3. The molecule has 0 radical (unpaired) electrons. The Kier molecular flexibility index (Phi) is 8.86. The number of nitro benzene ring substituents is 1. The van der Waals surface area contributed by atoms with Gasteiger partial charge >= 0.3 is 0 Å². The Bertz CT molecular complexity index is 865. The third-order valence-electron chi connectivity index (χ3n) is 5.76. The molecule has 32 heavy (non-hydrogen) atoms. The highest BCUT2D eigenvalue weighted by molar-refractivity contribution is 5.80. The van der Waals surface area contributed by atoms with Gasteiger partial charge in [-0.25, -0.2) is 4.99 Å². The predicted octanol–water partition coefficient (Wildman–Crippen LogP) is 3.46. The second-order valence-electron chi connectivity index (χ2n) is 8.28. The second kappa shape index (κ2) is 12.0. The van der Waals surface area contributed by atoms with Crippen molar-refractivity contribution in [2.45, 2.75) is 50.8 Å². The average Bonchev–Trinajstić information content (AvgIpc) is 2.82. The number of aliphatic imine (C=N–C) groups is 1. The number of aliphatic hydroxyl groups excluding tert-OH is 1. The smallest absolute Gasteiger partial charge is 0.269 e. The average molecular weight is 440 g/mol. The molecule has 0 spiro atoms. The fourth-order valence-corrected chi connectivity index (χ4v) is 3.79. The highest BCUT2D eigenvalue weighted by atomic mass is 16.6. The van der Waals surface area contributed by atoms with Gasteiger partial charge in [0.25, 0.3) is 5.69 Å². The zero-order chi connectivity index (χ0) is 22.8. The van der Waals surface area contributed by atoms with Crippen LogP contribution in [0, 0.1) is 10.1 Å². The van der Waals surface area contributed by atoms with Crippen LogP contribution in [0.2, 0.25) is 0 Å². The van der Waals surface area contributed by atoms with Gasteiger partial charge < -0.3 is 20.6 Å². The molecule has 0 unspecified atom stereocenters. The Morgan fingerprint density at radius 1 is 1.12 bits per heavy atom. The number of nitro groups is 1. The van der Waals surface area contributed by atoms with Gasteiger partial charge in [0.05, 0.1) is 17.6 Å². The molecule has 3 N–H and O–H groups in total. The Morgan fingerprint density at radius 2 is 1.81 bits per heavy atom. The third kappa shape index (κ3) is 7.53. The molecule has 3 rings (SSSR count). The minimum Gasteiger partial charge on any atom is -0.393 e. The van der Waals surface area contributed by atoms with Crippen LogP contribution in [0.15, 0.2) is 59.6 Å². The molecule has 2 aromatic rings. The molecule has 2 aromatic carbocycles. The zero-order valence-electron chi connectivity index (χ0n) is 18.6. The second-order valence-corrected chi connectivity index (χ2v) is 8.28. The van der Waals surface area contributed by atoms with E-state index in [1.165, 1.54) is 17.8 Å². The first kappa shape index (κ1) is 23.5. The lowest BCUT2D eigenvalue weighted by Gasteiger charge is -2.28. The van der Waals surface area contributed by atoms with Crippen molar-refractivity contribution in [2.24, 2.45) is 4.99 Å². The van der Waals surface area contributed by atoms with Gasteiger partial charge in [-0.2, -0.15) is 0 Å². The number of nitrogens with one attached hydrogen (secondary N) is 2. The minimum absolute atomic E-state index is 0.0810. The summed E-state index contributed by atoms with van der Waals surface area (Å²) in [4.78, 5) is 17.4. The summed E-state index contributed by atoms with van der Waals surface area (Å²) in [6.07, 6.45) is 4.18. The van der Waals surface area contributed by atoms with Gasteiger partial charge in [0.1, 0.15) is 0 Å². The van der Waals surface area contributed by atoms with Crippen molar-refractivity contribution >= 4 is 17.3 Å². The molecule has 1 saturated carbocycles. The van der Waals surface area contributed by atoms with E-state index in [1.54, 1.807) is 12.1 Å². The van der Waals surface area contributed by atoms with Crippen molar-refractivity contribution in [1.82, 2.24) is 10.6 Å². The van der Waals surface area contributed by atoms with Crippen LogP contribution in [-0.4, -0.2) is 48.3 Å². The summed E-state index contributed by atoms with van der Waals surface area (Å²) >= 11 is 0. The molecule has 0 aliphatic heterocycles. The normalized spacial score (nSPS) is 18.8. The van der Waals surface area contributed by atoms with E-state index < -0.39 is 4.92 Å². The van der Waals surface area contributed by atoms with E-state index in [1.807, 2.05) is 18.2 Å². The molecule has 8 heteroatoms. The van der Waals surface area contributed by atoms with Crippen LogP contribution in [0.4, 0.5) is 11.4 Å². The molecule has 0 bridgehead atoms. The standard InChI is InChI=1S/C24H33N5O3/c1-28(21-6-3-2-4-7-21)17-5-16-25-24(27-20-10-14-23(30)15-11-20)26-18-19-8-12-22(13-9-19)29(31)32/h2-4,6-9,12-13,20,23,30H,5,10-11,14-18H2,1H3,(H2,25,26,27). The van der Waals surface area contributed by atoms with Gasteiger partial charge in [-0.3, -0.25) is 10.1 Å². The number of guanidine groups is 1. The zero-order valence-corrected chi connectivity index (χ0v) is 18.6. The molecule has 1 aliphatic carbocycles. The van der Waals surface area contributed by atoms with Gasteiger partial charge in [0.15, 0.2) is 5.96 Å². The number of benzene rings is 2. The van der Waals surface area contributed by atoms with Crippen molar-refractivity contribution in [3.05, 3.63) is 70.3 Å². The molecule has 172 valence electrons. The number of hydrogen-bond acceptors (Lipinski definition) is 5. The van der Waals surface area contributed by atoms with Gasteiger partial charge in [-0.15, -0.1) is 0 Å². The van der Waals surface area contributed by atoms with Crippen LogP contribution < -0.4 is 15.5 Å². The minimum atomic E-state index is -0.397. The van der Waals surface area contributed by atoms with Gasteiger partial charge in [0, 0.05) is 44.0 Å². The van der Waals surface area contributed by atoms with Crippen LogP contribution in [-0.2, 0) is 6.54 Å². The molecule has 0 atom stereocenters. The van der Waals surface area contributed by atoms with E-state index in [0.717, 1.165) is 56.7 Å². The van der Waals surface area contributed by atoms with Crippen LogP contribution >= 0.6 is 0 Å². The Morgan fingerprint density at radius 3 is 2.47 bits per heavy atom. The highest BCUT2D eigenvalue weighted by Gasteiger charge is 2.20. The summed E-state index contributed by atoms with van der Waals surface area (Å²) in [5, 5.41) is 27.5. The van der Waals surface area contributed by atoms with Crippen LogP contribution in [0.5, 0.6) is 0 Å². The maximum absolute atomic E-state index is 10.8. The monoisotopic (exact) mass is 439 g/mol. The van der Waals surface area contributed by atoms with Crippen molar-refractivity contribution in [1.29, 1.82) is 0 Å². The van der Waals surface area contributed by atoms with Crippen LogP contribution in [0.25, 0.3) is 0 Å². The highest BCUT2D eigenvalue weighted by Crippen LogP contribution is 2.18. The number of aliphatic hydroxyl groups is 1. The molecular weight excluding hydrogens is 406 g/mol. The maximum Gasteiger partial charge on any atom is 0.269 e. The van der Waals surface area contributed by atoms with Gasteiger partial charge in [-0.05, 0) is 49.8 Å². The summed E-state index contributed by atoms with van der Waals surface area (Å²) in [5.74, 6) is 0.743. The lowest BCUT2D eigenvalue weighted by Crippen LogP contribution is -2.46. The number of anilines is 1. The SMILES string of the molecule is CN(CCCNC(=NCc1ccc([N+](=O)[O-])cc1)NC1CCC(O)CC1)c1ccccc1. The number of non-ortho nitro benzene ring substituents is 1. The van der Waals surface area contributed by atoms with Crippen LogP contribution in [0.3, 0.4) is 0 Å². The van der Waals surface area contributed by atoms with Gasteiger partial charge in [0.2, 0.25) is 0 Å². The molecule has 0 heterocycles. The van der Waals surface area contributed by atoms with E-state index >= 15 is 0 Å². The Balaban J connectivity index is 1.54. The number of nitrogens with zero attached hydrogens (tertiary/aromatic N) is 3. The molecule has 1 fully saturated rings. The lowest BCUT2D eigenvalue weighted by molar-refractivity contribution is -0.384. The summed E-state index contributed by atoms with van der Waals surface area (Å²) < 4.78 is 0. The first-order chi connectivity index (χ1) is 15.5. The largest absolute Gasteiger partial charge is 0.393 e. The summed E-state index contributed by atoms with van der Waals surface area (Å²) in [6.45, 7) is 2.13. The molecule has 0 amide bonds. The first-order valence-electron chi connectivity index (χ1n) is 11.2. The molecular formula is C24H33N5O3. The van der Waals surface area contributed by atoms with Crippen molar-refractivity contribution in [3.63, 3.8) is 0 Å². The van der Waals surface area contributed by atoms with Crippen molar-refractivity contribution < 1.29 is 10.0 Å². The van der Waals surface area contributed by atoms with Crippen LogP contribution in [0.1, 0.15) is 37.7 Å². The summed E-state index contributed by atoms with van der Waals surface area (Å²) in [5.41, 5.74) is 2.19. The van der Waals surface area contributed by atoms with Crippen molar-refractivity contribution in [2.75, 3.05) is 25.0 Å². The summed E-state index contributed by atoms with van der Waals surface area (Å²) in [6, 6.07) is 17.1. The lowest BCUT2D eigenvalue weighted by atomic mass is 9.93. The molecule has 1 aliphatic rings. The predicted molar refractivity (Wildman–Crippen MR) is 128 cm³/mol. The van der Waals surface area contributed by atoms with E-state index in [9.17, 15) is 15.2 Å². The van der Waals surface area contributed by atoms with Crippen molar-refractivity contribution in [3.8, 4) is 0 Å². The molecule has 0 saturated heterocycles. The van der Waals surface area contributed by atoms with E-state index in [-0.39, 0.29) is 17.8 Å². The number of para-hydroxylation sites is 1. The summed E-state index contributed by atoms with van der Waals surface area (Å²) in [7, 11) is 2.09. The fourth-order valence-electron chi connectivity index (χ4n) is 3.79. The van der Waals surface area contributed by atoms with E-state index in [0.29, 0.717) is 6.54 Å². The topological polar surface area (TPSA) is 103 Å². The van der Waals surface area contributed by atoms with E-state index in [2.05, 4.69) is 34.7 Å². The van der Waals surface area contributed by atoms with E-state index in [4.69, 9.17) is 4.99 Å². The maximum atomic E-state index is 10.8. The quantitative estimate of drug-likeness (QED) is 0.182. The fraction of sp³-hybridized carbons (Fsp3) is 0.458. The molecule has 0 aromatic heterocycles. The number of rotatable bonds is 9. The van der Waals surface area contributed by atoms with Gasteiger partial charge in [-0.1, -0.05) is 30.3 Å².